The highest BCUT2D eigenvalue weighted by molar-refractivity contribution is 5.99. The number of nitrogens with one attached hydrogen (secondary N) is 2. The Morgan fingerprint density at radius 3 is 2.40 bits per heavy atom. The molecule has 0 aliphatic carbocycles. The number of nitrogens with two attached hydrogens (primary N) is 1. The Bertz CT molecular complexity index is 881. The summed E-state index contributed by atoms with van der Waals surface area (Å²) in [4.78, 5) is 26.5. The number of hydrogen-bond donors (Lipinski definition) is 4. The number of aliphatic hydroxyl groups excluding tert-OH is 1. The zero-order valence-corrected chi connectivity index (χ0v) is 17.2. The first-order valence-electron chi connectivity index (χ1n) is 9.73. The minimum atomic E-state index is -0.311. The van der Waals surface area contributed by atoms with Gasteiger partial charge in [-0.25, -0.2) is 0 Å². The number of hydrogen-bond acceptors (Lipinski definition) is 5. The number of nitrogen functional groups attached to an aromatic ring is 1. The van der Waals surface area contributed by atoms with Crippen LogP contribution >= 0.6 is 0 Å². The highest BCUT2D eigenvalue weighted by atomic mass is 16.5. The van der Waals surface area contributed by atoms with Gasteiger partial charge in [0.05, 0.1) is 18.4 Å². The fraction of sp³-hybridized carbons (Fsp3) is 0.318. The standard InChI is InChI=1S/C22H28N4O4/c1-15(2)30-19-6-4-3-5-18(19)26(13-14-27)21(29)12-11-20(28)25-17-9-7-16(8-10-17)22(23)24/h3-10,15,27H,11-14H2,1-2H3,(H3,23,24)(H,25,28). The normalized spacial score (nSPS) is 10.5. The minimum absolute atomic E-state index is 0.0115. The Balaban J connectivity index is 2.01. The summed E-state index contributed by atoms with van der Waals surface area (Å²) in [5, 5.41) is 19.5. The molecule has 2 aromatic carbocycles. The second kappa shape index (κ2) is 11.0. The number of rotatable bonds is 10. The molecule has 2 amide bonds. The third kappa shape index (κ3) is 6.59. The molecule has 0 saturated carbocycles. The van der Waals surface area contributed by atoms with Gasteiger partial charge in [0.2, 0.25) is 11.8 Å². The van der Waals surface area contributed by atoms with Crippen LogP contribution in [0.15, 0.2) is 48.5 Å². The van der Waals surface area contributed by atoms with Crippen molar-refractivity contribution in [2.75, 3.05) is 23.4 Å². The maximum Gasteiger partial charge on any atom is 0.227 e. The summed E-state index contributed by atoms with van der Waals surface area (Å²) in [6, 6.07) is 13.7. The maximum atomic E-state index is 12.8. The molecular weight excluding hydrogens is 384 g/mol. The van der Waals surface area contributed by atoms with Gasteiger partial charge in [-0.3, -0.25) is 15.0 Å². The first kappa shape index (κ1) is 22.9. The van der Waals surface area contributed by atoms with Crippen molar-refractivity contribution < 1.29 is 19.4 Å². The number of ether oxygens (including phenoxy) is 1. The lowest BCUT2D eigenvalue weighted by Gasteiger charge is -2.25. The maximum absolute atomic E-state index is 12.8. The summed E-state index contributed by atoms with van der Waals surface area (Å²) in [5.41, 5.74) is 7.09. The van der Waals surface area contributed by atoms with E-state index in [1.165, 1.54) is 4.90 Å². The van der Waals surface area contributed by atoms with Crippen LogP contribution in [0.3, 0.4) is 0 Å². The Hall–Kier alpha value is -3.39. The molecule has 0 spiro atoms. The van der Waals surface area contributed by atoms with Gasteiger partial charge in [0.25, 0.3) is 0 Å². The third-order valence-corrected chi connectivity index (χ3v) is 4.19. The summed E-state index contributed by atoms with van der Waals surface area (Å²) in [5.74, 6) is -0.103. The fourth-order valence-corrected chi connectivity index (χ4v) is 2.83. The van der Waals surface area contributed by atoms with E-state index < -0.39 is 0 Å². The first-order chi connectivity index (χ1) is 14.3. The van der Waals surface area contributed by atoms with Crippen LogP contribution in [0.5, 0.6) is 5.75 Å². The average Bonchev–Trinajstić information content (AvgIpc) is 2.71. The van der Waals surface area contributed by atoms with Gasteiger partial charge in [0.1, 0.15) is 11.6 Å². The smallest absolute Gasteiger partial charge is 0.227 e. The van der Waals surface area contributed by atoms with Crippen molar-refractivity contribution in [2.24, 2.45) is 5.73 Å². The van der Waals surface area contributed by atoms with Gasteiger partial charge < -0.3 is 25.8 Å². The molecule has 160 valence electrons. The molecule has 0 atom stereocenters. The number of anilines is 2. The van der Waals surface area contributed by atoms with Crippen molar-refractivity contribution in [1.29, 1.82) is 5.41 Å². The molecule has 5 N–H and O–H groups in total. The van der Waals surface area contributed by atoms with E-state index in [9.17, 15) is 14.7 Å². The Labute approximate surface area is 176 Å². The van der Waals surface area contributed by atoms with Crippen LogP contribution in [0.4, 0.5) is 11.4 Å². The molecule has 8 nitrogen and oxygen atoms in total. The zero-order chi connectivity index (χ0) is 22.1. The fourth-order valence-electron chi connectivity index (χ4n) is 2.83. The second-order valence-electron chi connectivity index (χ2n) is 6.94. The van der Waals surface area contributed by atoms with E-state index in [0.717, 1.165) is 0 Å². The molecule has 0 bridgehead atoms. The van der Waals surface area contributed by atoms with E-state index in [2.05, 4.69) is 5.32 Å². The number of aliphatic hydroxyl groups is 1. The largest absolute Gasteiger partial charge is 0.489 e. The van der Waals surface area contributed by atoms with Crippen molar-refractivity contribution >= 4 is 29.0 Å². The lowest BCUT2D eigenvalue weighted by Crippen LogP contribution is -2.34. The Morgan fingerprint density at radius 2 is 1.80 bits per heavy atom. The molecular formula is C22H28N4O4. The lowest BCUT2D eigenvalue weighted by molar-refractivity contribution is -0.122. The predicted octanol–water partition coefficient (Wildman–Crippen LogP) is 2.50. The van der Waals surface area contributed by atoms with Crippen LogP contribution in [-0.4, -0.2) is 42.0 Å². The lowest BCUT2D eigenvalue weighted by atomic mass is 10.2. The molecule has 0 heterocycles. The van der Waals surface area contributed by atoms with Gasteiger partial charge in [-0.2, -0.15) is 0 Å². The summed E-state index contributed by atoms with van der Waals surface area (Å²) >= 11 is 0. The summed E-state index contributed by atoms with van der Waals surface area (Å²) in [7, 11) is 0. The monoisotopic (exact) mass is 412 g/mol. The minimum Gasteiger partial charge on any atom is -0.489 e. The van der Waals surface area contributed by atoms with E-state index in [1.807, 2.05) is 19.9 Å². The van der Waals surface area contributed by atoms with Gasteiger partial charge in [-0.15, -0.1) is 0 Å². The van der Waals surface area contributed by atoms with Gasteiger partial charge in [0.15, 0.2) is 0 Å². The molecule has 0 aromatic heterocycles. The topological polar surface area (TPSA) is 129 Å². The van der Waals surface area contributed by atoms with Crippen molar-refractivity contribution in [3.05, 3.63) is 54.1 Å². The van der Waals surface area contributed by atoms with E-state index in [1.54, 1.807) is 42.5 Å². The van der Waals surface area contributed by atoms with E-state index in [-0.39, 0.29) is 49.7 Å². The number of amidine groups is 1. The average molecular weight is 412 g/mol. The molecule has 0 fully saturated rings. The number of carbonyl (C=O) groups is 2. The molecule has 0 aliphatic heterocycles. The van der Waals surface area contributed by atoms with Gasteiger partial charge >= 0.3 is 0 Å². The number of carbonyl (C=O) groups excluding carboxylic acids is 2. The molecule has 8 heteroatoms. The second-order valence-corrected chi connectivity index (χ2v) is 6.94. The number of para-hydroxylation sites is 2. The molecule has 2 aromatic rings. The molecule has 0 radical (unpaired) electrons. The molecule has 30 heavy (non-hydrogen) atoms. The predicted molar refractivity (Wildman–Crippen MR) is 117 cm³/mol. The summed E-state index contributed by atoms with van der Waals surface area (Å²) in [6.45, 7) is 3.67. The highest BCUT2D eigenvalue weighted by Crippen LogP contribution is 2.29. The highest BCUT2D eigenvalue weighted by Gasteiger charge is 2.20. The third-order valence-electron chi connectivity index (χ3n) is 4.19. The van der Waals surface area contributed by atoms with Gasteiger partial charge in [-0.1, -0.05) is 12.1 Å². The number of nitrogens with zero attached hydrogens (tertiary/aromatic N) is 1. The van der Waals surface area contributed by atoms with Crippen molar-refractivity contribution in [3.63, 3.8) is 0 Å². The zero-order valence-electron chi connectivity index (χ0n) is 17.2. The van der Waals surface area contributed by atoms with Crippen LogP contribution in [-0.2, 0) is 9.59 Å². The molecule has 0 aliphatic rings. The van der Waals surface area contributed by atoms with Crippen LogP contribution in [0.1, 0.15) is 32.3 Å². The number of benzene rings is 2. The van der Waals surface area contributed by atoms with Crippen LogP contribution in [0.2, 0.25) is 0 Å². The molecule has 0 saturated heterocycles. The van der Waals surface area contributed by atoms with E-state index in [4.69, 9.17) is 15.9 Å². The van der Waals surface area contributed by atoms with Crippen molar-refractivity contribution in [3.8, 4) is 5.75 Å². The van der Waals surface area contributed by atoms with Crippen LogP contribution in [0.25, 0.3) is 0 Å². The van der Waals surface area contributed by atoms with Gasteiger partial charge in [-0.05, 0) is 50.2 Å². The van der Waals surface area contributed by atoms with E-state index in [0.29, 0.717) is 22.7 Å². The van der Waals surface area contributed by atoms with Crippen molar-refractivity contribution in [2.45, 2.75) is 32.8 Å². The van der Waals surface area contributed by atoms with Crippen LogP contribution in [0, 0.1) is 5.41 Å². The summed E-state index contributed by atoms with van der Waals surface area (Å²) < 4.78 is 5.78. The molecule has 2 rings (SSSR count). The number of amides is 2. The van der Waals surface area contributed by atoms with Gasteiger partial charge in [0, 0.05) is 30.6 Å². The van der Waals surface area contributed by atoms with Crippen molar-refractivity contribution in [1.82, 2.24) is 0 Å². The SMILES string of the molecule is CC(C)Oc1ccccc1N(CCO)C(=O)CCC(=O)Nc1ccc(C(=N)N)cc1. The Kier molecular flexibility index (Phi) is 8.37. The first-order valence-corrected chi connectivity index (χ1v) is 9.73. The Morgan fingerprint density at radius 1 is 1.13 bits per heavy atom. The van der Waals surface area contributed by atoms with Crippen LogP contribution < -0.4 is 20.7 Å². The van der Waals surface area contributed by atoms with E-state index >= 15 is 0 Å². The summed E-state index contributed by atoms with van der Waals surface area (Å²) in [6.07, 6.45) is -0.104. The quantitative estimate of drug-likeness (QED) is 0.352. The molecule has 0 unspecified atom stereocenters.